The van der Waals surface area contributed by atoms with E-state index in [1.165, 1.54) is 16.8 Å². The van der Waals surface area contributed by atoms with Crippen LogP contribution >= 0.6 is 0 Å². The summed E-state index contributed by atoms with van der Waals surface area (Å²) in [6.45, 7) is 0.287. The molecule has 0 spiro atoms. The normalized spacial score (nSPS) is 18.3. The fourth-order valence-corrected chi connectivity index (χ4v) is 4.04. The molecule has 0 saturated heterocycles. The molecule has 0 amide bonds. The van der Waals surface area contributed by atoms with Gasteiger partial charge in [0.2, 0.25) is 11.6 Å². The molecule has 4 rings (SSSR count). The van der Waals surface area contributed by atoms with E-state index in [4.69, 9.17) is 9.47 Å². The zero-order chi connectivity index (χ0) is 22.7. The predicted octanol–water partition coefficient (Wildman–Crippen LogP) is 4.42. The highest BCUT2D eigenvalue weighted by Crippen LogP contribution is 2.36. The first-order valence-corrected chi connectivity index (χ1v) is 10.4. The van der Waals surface area contributed by atoms with E-state index in [-0.39, 0.29) is 30.1 Å². The smallest absolute Gasteiger partial charge is 0.362 e. The molecule has 0 atom stereocenters. The Morgan fingerprint density at radius 1 is 1.12 bits per heavy atom. The van der Waals surface area contributed by atoms with Crippen LogP contribution in [0.15, 0.2) is 42.5 Å². The Bertz CT molecular complexity index is 1090. The highest BCUT2D eigenvalue weighted by Gasteiger charge is 2.29. The zero-order valence-corrected chi connectivity index (χ0v) is 17.5. The third-order valence-electron chi connectivity index (χ3n) is 5.74. The number of hydrogen-bond acceptors (Lipinski definition) is 5. The molecule has 3 aromatic rings. The Morgan fingerprint density at radius 3 is 2.47 bits per heavy atom. The van der Waals surface area contributed by atoms with E-state index in [1.807, 2.05) is 12.1 Å². The van der Waals surface area contributed by atoms with Gasteiger partial charge in [-0.3, -0.25) is 0 Å². The lowest BCUT2D eigenvalue weighted by Crippen LogP contribution is -2.25. The lowest BCUT2D eigenvalue weighted by Gasteiger charge is -2.29. The second-order valence-corrected chi connectivity index (χ2v) is 7.81. The minimum absolute atomic E-state index is 0.0308. The fraction of sp³-hybridized carbons (Fsp3) is 0.348. The number of carbonyl (C=O) groups is 1. The summed E-state index contributed by atoms with van der Waals surface area (Å²) in [4.78, 5) is 11.6. The summed E-state index contributed by atoms with van der Waals surface area (Å²) in [6, 6.07) is 11.0. The van der Waals surface area contributed by atoms with Crippen LogP contribution in [-0.4, -0.2) is 39.3 Å². The maximum Gasteiger partial charge on any atom is 0.362 e. The van der Waals surface area contributed by atoms with E-state index in [1.54, 1.807) is 19.2 Å². The molecule has 1 aromatic heterocycles. The van der Waals surface area contributed by atoms with Crippen LogP contribution in [-0.2, 0) is 6.54 Å². The summed E-state index contributed by atoms with van der Waals surface area (Å²) in [7, 11) is 1.58. The van der Waals surface area contributed by atoms with Crippen LogP contribution in [0.1, 0.15) is 53.2 Å². The SMILES string of the molecule is COc1ccc(Cn2nnc(C(=O)O)c2O[C@H]2CC[C@H](c3ccc(F)cc3F)CC2)cc1. The summed E-state index contributed by atoms with van der Waals surface area (Å²) < 4.78 is 39.9. The Hall–Kier alpha value is -3.49. The monoisotopic (exact) mass is 443 g/mol. The number of carboxylic acids is 1. The van der Waals surface area contributed by atoms with Crippen molar-refractivity contribution < 1.29 is 28.2 Å². The van der Waals surface area contributed by atoms with E-state index < -0.39 is 17.6 Å². The lowest BCUT2D eigenvalue weighted by atomic mass is 9.82. The minimum Gasteiger partial charge on any atom is -0.497 e. The van der Waals surface area contributed by atoms with Crippen LogP contribution in [0, 0.1) is 11.6 Å². The van der Waals surface area contributed by atoms with Crippen LogP contribution in [0.5, 0.6) is 11.6 Å². The van der Waals surface area contributed by atoms with Crippen molar-refractivity contribution in [3.05, 3.63) is 70.9 Å². The number of carboxylic acid groups (broad SMARTS) is 1. The summed E-state index contributed by atoms with van der Waals surface area (Å²) in [5.41, 5.74) is 1.14. The maximum atomic E-state index is 14.1. The van der Waals surface area contributed by atoms with Gasteiger partial charge in [0, 0.05) is 6.07 Å². The van der Waals surface area contributed by atoms with Crippen molar-refractivity contribution in [3.63, 3.8) is 0 Å². The van der Waals surface area contributed by atoms with Gasteiger partial charge in [0.15, 0.2) is 0 Å². The number of aromatic nitrogens is 3. The Labute approximate surface area is 183 Å². The summed E-state index contributed by atoms with van der Waals surface area (Å²) in [5, 5.41) is 17.2. The van der Waals surface area contributed by atoms with Crippen molar-refractivity contribution in [1.82, 2.24) is 15.0 Å². The highest BCUT2D eigenvalue weighted by atomic mass is 19.1. The third-order valence-corrected chi connectivity index (χ3v) is 5.74. The molecule has 32 heavy (non-hydrogen) atoms. The van der Waals surface area contributed by atoms with Gasteiger partial charge >= 0.3 is 5.97 Å². The number of halogens is 2. The van der Waals surface area contributed by atoms with E-state index >= 15 is 0 Å². The molecule has 0 bridgehead atoms. The van der Waals surface area contributed by atoms with E-state index in [9.17, 15) is 18.7 Å². The van der Waals surface area contributed by atoms with Gasteiger partial charge in [0.05, 0.1) is 13.7 Å². The number of benzene rings is 2. The van der Waals surface area contributed by atoms with Crippen LogP contribution in [0.4, 0.5) is 8.78 Å². The van der Waals surface area contributed by atoms with E-state index in [2.05, 4.69) is 10.3 Å². The standard InChI is InChI=1S/C23H23F2N3O4/c1-31-17-7-2-14(3-8-17)13-28-22(21(23(29)30)26-27-28)32-18-9-4-15(5-10-18)19-11-6-16(24)12-20(19)25/h2-3,6-8,11-12,15,18H,4-5,9-10,13H2,1H3,(H,29,30)/t15-,18-. The first-order chi connectivity index (χ1) is 15.4. The number of ether oxygens (including phenoxy) is 2. The number of hydrogen-bond donors (Lipinski definition) is 1. The second kappa shape index (κ2) is 9.33. The van der Waals surface area contributed by atoms with E-state index in [0.29, 0.717) is 37.0 Å². The number of aromatic carboxylic acids is 1. The van der Waals surface area contributed by atoms with Gasteiger partial charge in [-0.1, -0.05) is 23.4 Å². The predicted molar refractivity (Wildman–Crippen MR) is 111 cm³/mol. The highest BCUT2D eigenvalue weighted by molar-refractivity contribution is 5.87. The maximum absolute atomic E-state index is 14.1. The zero-order valence-electron chi connectivity index (χ0n) is 17.5. The Morgan fingerprint density at radius 2 is 1.84 bits per heavy atom. The molecule has 9 heteroatoms. The minimum atomic E-state index is -1.22. The van der Waals surface area contributed by atoms with Crippen LogP contribution in [0.3, 0.4) is 0 Å². The van der Waals surface area contributed by atoms with Gasteiger partial charge in [0.25, 0.3) is 0 Å². The summed E-state index contributed by atoms with van der Waals surface area (Å²) in [6.07, 6.45) is 2.26. The molecular formula is C23H23F2N3O4. The van der Waals surface area contributed by atoms with Gasteiger partial charge in [0.1, 0.15) is 23.5 Å². The third kappa shape index (κ3) is 4.71. The molecule has 1 N–H and O–H groups in total. The van der Waals surface area contributed by atoms with Gasteiger partial charge in [-0.25, -0.2) is 18.3 Å². The quantitative estimate of drug-likeness (QED) is 0.582. The lowest BCUT2D eigenvalue weighted by molar-refractivity contribution is 0.0676. The molecule has 168 valence electrons. The molecule has 1 heterocycles. The molecule has 7 nitrogen and oxygen atoms in total. The van der Waals surface area contributed by atoms with Gasteiger partial charge < -0.3 is 14.6 Å². The number of methoxy groups -OCH3 is 1. The van der Waals surface area contributed by atoms with Crippen LogP contribution in [0.25, 0.3) is 0 Å². The van der Waals surface area contributed by atoms with Gasteiger partial charge in [-0.2, -0.15) is 0 Å². The van der Waals surface area contributed by atoms with E-state index in [0.717, 1.165) is 11.6 Å². The molecule has 1 saturated carbocycles. The fourth-order valence-electron chi connectivity index (χ4n) is 4.04. The topological polar surface area (TPSA) is 86.5 Å². The van der Waals surface area contributed by atoms with Crippen LogP contribution in [0.2, 0.25) is 0 Å². The largest absolute Gasteiger partial charge is 0.497 e. The summed E-state index contributed by atoms with van der Waals surface area (Å²) >= 11 is 0. The van der Waals surface area contributed by atoms with Crippen molar-refractivity contribution >= 4 is 5.97 Å². The molecule has 1 aliphatic carbocycles. The molecule has 2 aromatic carbocycles. The Balaban J connectivity index is 1.46. The number of nitrogens with zero attached hydrogens (tertiary/aromatic N) is 3. The van der Waals surface area contributed by atoms with Gasteiger partial charge in [-0.15, -0.1) is 5.10 Å². The van der Waals surface area contributed by atoms with Crippen LogP contribution < -0.4 is 9.47 Å². The first-order valence-electron chi connectivity index (χ1n) is 10.4. The molecule has 0 aliphatic heterocycles. The van der Waals surface area contributed by atoms with Crippen molar-refractivity contribution in [3.8, 4) is 11.6 Å². The summed E-state index contributed by atoms with van der Waals surface area (Å²) in [5.74, 6) is -1.57. The van der Waals surface area contributed by atoms with Crippen molar-refractivity contribution in [2.75, 3.05) is 7.11 Å². The van der Waals surface area contributed by atoms with Crippen molar-refractivity contribution in [2.24, 2.45) is 0 Å². The molecule has 1 aliphatic rings. The first kappa shape index (κ1) is 21.7. The number of rotatable bonds is 7. The average molecular weight is 443 g/mol. The molecule has 0 radical (unpaired) electrons. The Kier molecular flexibility index (Phi) is 6.34. The molecule has 1 fully saturated rings. The average Bonchev–Trinajstić information content (AvgIpc) is 3.17. The molecule has 0 unspecified atom stereocenters. The van der Waals surface area contributed by atoms with Crippen molar-refractivity contribution in [1.29, 1.82) is 0 Å². The second-order valence-electron chi connectivity index (χ2n) is 7.81. The van der Waals surface area contributed by atoms with Gasteiger partial charge in [-0.05, 0) is 60.9 Å². The van der Waals surface area contributed by atoms with Crippen molar-refractivity contribution in [2.45, 2.75) is 44.2 Å². The molecular weight excluding hydrogens is 420 g/mol.